The molecule has 0 aliphatic heterocycles. The Morgan fingerprint density at radius 2 is 2.30 bits per heavy atom. The van der Waals surface area contributed by atoms with Crippen LogP contribution in [0.15, 0.2) is 9.95 Å². The van der Waals surface area contributed by atoms with Crippen molar-refractivity contribution in [2.75, 3.05) is 0 Å². The van der Waals surface area contributed by atoms with E-state index in [-0.39, 0.29) is 5.56 Å². The van der Waals surface area contributed by atoms with Crippen LogP contribution in [0.4, 0.5) is 0 Å². The number of thioether (sulfide) groups is 1. The molecule has 0 bridgehead atoms. The number of carbonyl (C=O) groups excluding carboxylic acids is 1. The van der Waals surface area contributed by atoms with Crippen molar-refractivity contribution in [2.24, 2.45) is 11.7 Å². The van der Waals surface area contributed by atoms with Crippen LogP contribution in [0.3, 0.4) is 0 Å². The highest BCUT2D eigenvalue weighted by Crippen LogP contribution is 2.36. The number of hydrogen-bond donors (Lipinski definition) is 1. The molecule has 0 saturated heterocycles. The molecule has 0 unspecified atom stereocenters. The topological polar surface area (TPSA) is 78.0 Å². The maximum absolute atomic E-state index is 12.9. The number of rotatable bonds is 4. The fraction of sp³-hybridized carbons (Fsp3) is 0.562. The van der Waals surface area contributed by atoms with Crippen molar-refractivity contribution < 1.29 is 4.79 Å². The van der Waals surface area contributed by atoms with Gasteiger partial charge in [0.2, 0.25) is 5.91 Å². The van der Waals surface area contributed by atoms with Crippen molar-refractivity contribution >= 4 is 39.2 Å². The summed E-state index contributed by atoms with van der Waals surface area (Å²) in [6.45, 7) is 6.46. The summed E-state index contributed by atoms with van der Waals surface area (Å²) in [5, 5.41) is 0.963. The number of nitrogens with zero attached hydrogens (tertiary/aromatic N) is 2. The van der Waals surface area contributed by atoms with Gasteiger partial charge in [0.1, 0.15) is 4.83 Å². The van der Waals surface area contributed by atoms with Crippen LogP contribution in [-0.2, 0) is 24.2 Å². The van der Waals surface area contributed by atoms with Crippen LogP contribution in [0.25, 0.3) is 10.2 Å². The fourth-order valence-electron chi connectivity index (χ4n) is 2.99. The number of hydrogen-bond acceptors (Lipinski definition) is 5. The average Bonchev–Trinajstić information content (AvgIpc) is 2.84. The molecule has 0 spiro atoms. The Morgan fingerprint density at radius 1 is 1.57 bits per heavy atom. The van der Waals surface area contributed by atoms with Gasteiger partial charge in [-0.3, -0.25) is 14.2 Å². The second kappa shape index (κ2) is 6.28. The Balaban J connectivity index is 2.16. The zero-order chi connectivity index (χ0) is 16.7. The lowest BCUT2D eigenvalue weighted by molar-refractivity contribution is -0.117. The van der Waals surface area contributed by atoms with E-state index in [2.05, 4.69) is 6.92 Å². The summed E-state index contributed by atoms with van der Waals surface area (Å²) in [6, 6.07) is 0. The van der Waals surface area contributed by atoms with Gasteiger partial charge in [0.25, 0.3) is 5.56 Å². The summed E-state index contributed by atoms with van der Waals surface area (Å²) in [7, 11) is 0. The molecule has 1 aliphatic rings. The molecule has 2 N–H and O–H groups in total. The maximum atomic E-state index is 12.9. The van der Waals surface area contributed by atoms with Crippen LogP contribution >= 0.6 is 23.1 Å². The lowest BCUT2D eigenvalue weighted by Crippen LogP contribution is -2.27. The molecule has 0 fully saturated rings. The predicted molar refractivity (Wildman–Crippen MR) is 95.3 cm³/mol. The van der Waals surface area contributed by atoms with Crippen LogP contribution in [0.5, 0.6) is 0 Å². The third-order valence-electron chi connectivity index (χ3n) is 4.38. The molecule has 124 valence electrons. The molecule has 1 amide bonds. The Bertz CT molecular complexity index is 825. The Hall–Kier alpha value is -1.34. The first-order chi connectivity index (χ1) is 10.9. The summed E-state index contributed by atoms with van der Waals surface area (Å²) in [5.74, 6) is 0.263. The highest BCUT2D eigenvalue weighted by atomic mass is 32.2. The first-order valence-corrected chi connectivity index (χ1v) is 9.63. The largest absolute Gasteiger partial charge is 0.369 e. The molecule has 0 saturated carbocycles. The molecular formula is C16H21N3O2S2. The number of fused-ring (bicyclic) bond motifs is 3. The van der Waals surface area contributed by atoms with Crippen molar-refractivity contribution in [3.05, 3.63) is 20.8 Å². The van der Waals surface area contributed by atoms with Gasteiger partial charge in [-0.2, -0.15) is 0 Å². The van der Waals surface area contributed by atoms with Crippen molar-refractivity contribution in [1.29, 1.82) is 0 Å². The lowest BCUT2D eigenvalue weighted by Gasteiger charge is -2.17. The standard InChI is InChI=1S/C16H21N3O2S2/c1-4-19-15(21)12-10-6-5-8(2)7-11(10)23-14(12)18-16(19)22-9(3)13(17)20/h8-9H,4-7H2,1-3H3,(H2,17,20)/t8-,9+/m0/s1. The molecule has 3 rings (SSSR count). The number of primary amides is 1. The molecule has 1 aliphatic carbocycles. The van der Waals surface area contributed by atoms with Gasteiger partial charge in [-0.1, -0.05) is 18.7 Å². The van der Waals surface area contributed by atoms with Gasteiger partial charge in [0.05, 0.1) is 10.6 Å². The van der Waals surface area contributed by atoms with Crippen LogP contribution in [0.1, 0.15) is 37.6 Å². The van der Waals surface area contributed by atoms with Crippen molar-refractivity contribution in [3.8, 4) is 0 Å². The summed E-state index contributed by atoms with van der Waals surface area (Å²) < 4.78 is 1.66. The minimum atomic E-state index is -0.410. The SMILES string of the molecule is CCn1c(S[C@H](C)C(N)=O)nc2sc3c(c2c1=O)CC[C@H](C)C3. The molecule has 7 heteroatoms. The van der Waals surface area contributed by atoms with Crippen molar-refractivity contribution in [1.82, 2.24) is 9.55 Å². The summed E-state index contributed by atoms with van der Waals surface area (Å²) in [6.07, 6.45) is 3.11. The van der Waals surface area contributed by atoms with E-state index >= 15 is 0 Å². The monoisotopic (exact) mass is 351 g/mol. The van der Waals surface area contributed by atoms with Gasteiger partial charge in [0, 0.05) is 11.4 Å². The maximum Gasteiger partial charge on any atom is 0.263 e. The lowest BCUT2D eigenvalue weighted by atomic mass is 9.89. The quantitative estimate of drug-likeness (QED) is 0.678. The smallest absolute Gasteiger partial charge is 0.263 e. The van der Waals surface area contributed by atoms with E-state index < -0.39 is 11.2 Å². The number of carbonyl (C=O) groups is 1. The number of aryl methyl sites for hydroxylation is 1. The molecule has 23 heavy (non-hydrogen) atoms. The molecular weight excluding hydrogens is 330 g/mol. The highest BCUT2D eigenvalue weighted by molar-refractivity contribution is 8.00. The van der Waals surface area contributed by atoms with Gasteiger partial charge < -0.3 is 5.73 Å². The molecule has 2 aromatic rings. The first kappa shape index (κ1) is 16.5. The van der Waals surface area contributed by atoms with E-state index in [0.717, 1.165) is 29.5 Å². The third-order valence-corrected chi connectivity index (χ3v) is 6.64. The van der Waals surface area contributed by atoms with Crippen molar-refractivity contribution in [3.63, 3.8) is 0 Å². The number of aromatic nitrogens is 2. The van der Waals surface area contributed by atoms with Gasteiger partial charge in [-0.15, -0.1) is 11.3 Å². The van der Waals surface area contributed by atoms with E-state index in [0.29, 0.717) is 17.6 Å². The molecule has 2 atom stereocenters. The minimum absolute atomic E-state index is 0.0173. The molecule has 2 aromatic heterocycles. The molecule has 5 nitrogen and oxygen atoms in total. The molecule has 0 aromatic carbocycles. The normalized spacial score (nSPS) is 18.8. The van der Waals surface area contributed by atoms with E-state index in [1.807, 2.05) is 6.92 Å². The van der Waals surface area contributed by atoms with Gasteiger partial charge in [-0.25, -0.2) is 4.98 Å². The van der Waals surface area contributed by atoms with Crippen LogP contribution in [0.2, 0.25) is 0 Å². The van der Waals surface area contributed by atoms with Gasteiger partial charge >= 0.3 is 0 Å². The minimum Gasteiger partial charge on any atom is -0.369 e. The Morgan fingerprint density at radius 3 is 2.96 bits per heavy atom. The van der Waals surface area contributed by atoms with Crippen molar-refractivity contribution in [2.45, 2.75) is 57.0 Å². The number of amides is 1. The summed E-state index contributed by atoms with van der Waals surface area (Å²) in [5.41, 5.74) is 6.56. The van der Waals surface area contributed by atoms with Gasteiger partial charge in [-0.05, 0) is 44.6 Å². The average molecular weight is 351 g/mol. The second-order valence-electron chi connectivity index (χ2n) is 6.14. The zero-order valence-corrected chi connectivity index (χ0v) is 15.2. The summed E-state index contributed by atoms with van der Waals surface area (Å²) >= 11 is 2.89. The van der Waals surface area contributed by atoms with E-state index in [9.17, 15) is 9.59 Å². The van der Waals surface area contributed by atoms with E-state index in [1.165, 1.54) is 22.2 Å². The molecule has 0 radical (unpaired) electrons. The first-order valence-electron chi connectivity index (χ1n) is 7.93. The van der Waals surface area contributed by atoms with E-state index in [1.54, 1.807) is 22.8 Å². The fourth-order valence-corrected chi connectivity index (χ4v) is 5.34. The van der Waals surface area contributed by atoms with Gasteiger partial charge in [0.15, 0.2) is 5.16 Å². The summed E-state index contributed by atoms with van der Waals surface area (Å²) in [4.78, 5) is 31.1. The van der Waals surface area contributed by atoms with Crippen LogP contribution in [0, 0.1) is 5.92 Å². The number of nitrogens with two attached hydrogens (primary N) is 1. The van der Waals surface area contributed by atoms with Crippen LogP contribution < -0.4 is 11.3 Å². The predicted octanol–water partition coefficient (Wildman–Crippen LogP) is 2.57. The zero-order valence-electron chi connectivity index (χ0n) is 13.6. The van der Waals surface area contributed by atoms with E-state index in [4.69, 9.17) is 10.7 Å². The third kappa shape index (κ3) is 2.92. The van der Waals surface area contributed by atoms with Crippen LogP contribution in [-0.4, -0.2) is 20.7 Å². The number of thiophene rings is 1. The Kier molecular flexibility index (Phi) is 4.51. The molecule has 2 heterocycles. The highest BCUT2D eigenvalue weighted by Gasteiger charge is 2.25. The Labute approximate surface area is 143 Å². The second-order valence-corrected chi connectivity index (χ2v) is 8.53.